The minimum atomic E-state index is -3.19. The second-order valence-electron chi connectivity index (χ2n) is 21.0. The van der Waals surface area contributed by atoms with Gasteiger partial charge in [-0.15, -0.1) is 0 Å². The van der Waals surface area contributed by atoms with Crippen LogP contribution in [0.1, 0.15) is 96.3 Å². The van der Waals surface area contributed by atoms with Gasteiger partial charge in [0.2, 0.25) is 0 Å². The van der Waals surface area contributed by atoms with Gasteiger partial charge in [0.25, 0.3) is 5.91 Å². The molecule has 11 rings (SSSR count). The van der Waals surface area contributed by atoms with Crippen LogP contribution in [0.15, 0.2) is 103 Å². The molecule has 2 fully saturated rings. The third-order valence-corrected chi connectivity index (χ3v) is 17.3. The molecule has 6 aliphatic rings. The van der Waals surface area contributed by atoms with Crippen molar-refractivity contribution in [3.63, 3.8) is 0 Å². The van der Waals surface area contributed by atoms with Crippen molar-refractivity contribution in [3.05, 3.63) is 136 Å². The van der Waals surface area contributed by atoms with Crippen molar-refractivity contribution in [2.24, 2.45) is 17.6 Å². The zero-order valence-corrected chi connectivity index (χ0v) is 40.7. The highest BCUT2D eigenvalue weighted by atomic mass is 16.8. The summed E-state index contributed by atoms with van der Waals surface area (Å²) in [7, 11) is 0. The normalized spacial score (nSPS) is 34.0. The summed E-state index contributed by atoms with van der Waals surface area (Å²) in [5.41, 5.74) is 8.67. The van der Waals surface area contributed by atoms with Crippen molar-refractivity contribution in [2.45, 2.75) is 116 Å². The molecule has 15 N–H and O–H groups in total. The smallest absolute Gasteiger partial charge is 0.355 e. The molecule has 1 saturated carbocycles. The summed E-state index contributed by atoms with van der Waals surface area (Å²) in [5.74, 6) is -8.67. The Hall–Kier alpha value is -6.59. The number of nitrogens with one attached hydrogen (secondary N) is 3. The minimum Gasteiger partial charge on any atom is -0.508 e. The van der Waals surface area contributed by atoms with Crippen molar-refractivity contribution in [3.8, 4) is 17.2 Å². The summed E-state index contributed by atoms with van der Waals surface area (Å²) in [6.45, 7) is -0.597. The van der Waals surface area contributed by atoms with Gasteiger partial charge >= 0.3 is 11.9 Å². The highest BCUT2D eigenvalue weighted by molar-refractivity contribution is 6.14. The Morgan fingerprint density at radius 2 is 1.73 bits per heavy atom. The number of amides is 1. The average Bonchev–Trinajstić information content (AvgIpc) is 4.27. The molecule has 1 saturated heterocycles. The summed E-state index contributed by atoms with van der Waals surface area (Å²) in [5, 5.41) is 115. The number of nitrogens with zero attached hydrogens (tertiary/aromatic N) is 2. The number of hydrogen-bond acceptors (Lipinski definition) is 16. The molecular formula is C55H62N6O14. The maximum atomic E-state index is 15.6. The first kappa shape index (κ1) is 50.6. The van der Waals surface area contributed by atoms with Crippen molar-refractivity contribution >= 4 is 29.5 Å². The van der Waals surface area contributed by atoms with Gasteiger partial charge in [-0.05, 0) is 103 Å². The van der Waals surface area contributed by atoms with E-state index in [0.717, 1.165) is 33.7 Å². The number of aliphatic hydroxyl groups is 7. The van der Waals surface area contributed by atoms with Crippen LogP contribution in [0.3, 0.4) is 0 Å². The van der Waals surface area contributed by atoms with Crippen LogP contribution in [-0.4, -0.2) is 146 Å². The zero-order valence-electron chi connectivity index (χ0n) is 40.7. The first-order valence-electron chi connectivity index (χ1n) is 25.5. The van der Waals surface area contributed by atoms with E-state index in [1.165, 1.54) is 24.3 Å². The largest absolute Gasteiger partial charge is 0.508 e. The number of hydrogen-bond donors (Lipinski definition) is 14. The standard InChI is InChI=1S/C55H62N6O14/c56-42-8-4-16-53(42,29-6-2-1-3-7-29)45-33-20-30(64)12-13-36(33)54(52(71)72)46(45)34-21-39(66)40(74-55(73)51(70)50(69)49(68)41(25-63)75-55)22-37(34)61(54)44(67)15-11-27-10-14-38(65)31(18-27)32-19-28(24-62)35(48-47(32)59-26-60-48)23-58-43-9-5-17-57-43/h1-3,5-7,9-11,14-15,17-18,21-22,26,28,30,32,35,41-42,45-46,49-51,57-58,62-66,68-70,73H,4,8,12-13,16,19-20,23-25,56H2,(H,59,60)(H,71,72)/b15-11+/t28-,30+,32-,35+,41-,42-,45-,46+,49-,50+,51-,53+,54-,55+/m1/s1. The van der Waals surface area contributed by atoms with Gasteiger partial charge in [0.05, 0.1) is 30.4 Å². The number of aromatic amines is 2. The highest BCUT2D eigenvalue weighted by Crippen LogP contribution is 2.70. The lowest BCUT2D eigenvalue weighted by molar-refractivity contribution is -0.422. The number of anilines is 2. The van der Waals surface area contributed by atoms with Crippen LogP contribution in [0, 0.1) is 11.8 Å². The van der Waals surface area contributed by atoms with E-state index in [1.807, 2.05) is 42.5 Å². The Labute approximate surface area is 430 Å². The van der Waals surface area contributed by atoms with Gasteiger partial charge < -0.3 is 81.6 Å². The molecule has 20 nitrogen and oxygen atoms in total. The Kier molecular flexibility index (Phi) is 12.9. The predicted molar refractivity (Wildman–Crippen MR) is 269 cm³/mol. The molecule has 0 unspecified atom stereocenters. The molecule has 0 spiro atoms. The number of H-pyrrole nitrogens is 2. The SMILES string of the molecule is N[C@@H]1CCC[C@@]1(c1ccccc1)[C@@H]1C2=C(CC[C@H](O)C2)[C@]2(C(=O)O)[C@H]1c1cc(O)c(O[C@]3(O)O[C@H](CO)[C@@H](O)[C@H](O)[C@H]3O)cc1N2C(=O)/C=C/c1ccc(O)c([C@H]2C[C@H](CO)[C@H](CNc3ccc[nH]3)c3nc[nH]c32)c1. The molecule has 3 aromatic carbocycles. The molecule has 0 radical (unpaired) electrons. The molecule has 4 aliphatic carbocycles. The quantitative estimate of drug-likeness (QED) is 0.0458. The number of fused-ring (bicyclic) bond motifs is 5. The number of carbonyl (C=O) groups excluding carboxylic acids is 1. The number of phenolic OH excluding ortho intramolecular Hbond substituents is 2. The van der Waals surface area contributed by atoms with Gasteiger partial charge in [-0.1, -0.05) is 48.4 Å². The van der Waals surface area contributed by atoms with Gasteiger partial charge in [0.15, 0.2) is 23.1 Å². The fourth-order valence-corrected chi connectivity index (χ4v) is 14.0. The lowest BCUT2D eigenvalue weighted by Gasteiger charge is -2.46. The van der Waals surface area contributed by atoms with Gasteiger partial charge in [0, 0.05) is 77.9 Å². The summed E-state index contributed by atoms with van der Waals surface area (Å²) < 4.78 is 11.2. The van der Waals surface area contributed by atoms with Crippen molar-refractivity contribution in [2.75, 3.05) is 30.0 Å². The van der Waals surface area contributed by atoms with E-state index in [1.54, 1.807) is 24.7 Å². The number of aromatic hydroxyl groups is 2. The predicted octanol–water partition coefficient (Wildman–Crippen LogP) is 2.87. The molecule has 2 aliphatic heterocycles. The van der Waals surface area contributed by atoms with Crippen molar-refractivity contribution in [1.29, 1.82) is 0 Å². The van der Waals surface area contributed by atoms with Crippen LogP contribution in [-0.2, 0) is 19.7 Å². The number of carbonyl (C=O) groups is 2. The number of aliphatic carboxylic acids is 1. The molecule has 14 atom stereocenters. The molecule has 2 aromatic heterocycles. The second kappa shape index (κ2) is 19.2. The molecular weight excluding hydrogens is 969 g/mol. The van der Waals surface area contributed by atoms with Crippen LogP contribution in [0.4, 0.5) is 11.5 Å². The summed E-state index contributed by atoms with van der Waals surface area (Å²) in [4.78, 5) is 42.6. The van der Waals surface area contributed by atoms with Gasteiger partial charge in [-0.25, -0.2) is 9.78 Å². The Balaban J connectivity index is 1.03. The van der Waals surface area contributed by atoms with Crippen LogP contribution in [0.2, 0.25) is 0 Å². The maximum absolute atomic E-state index is 15.6. The third-order valence-electron chi connectivity index (χ3n) is 17.3. The number of imidazole rings is 1. The molecule has 4 heterocycles. The highest BCUT2D eigenvalue weighted by Gasteiger charge is 2.72. The van der Waals surface area contributed by atoms with E-state index in [2.05, 4.69) is 20.3 Å². The molecule has 20 heteroatoms. The second-order valence-corrected chi connectivity index (χ2v) is 21.0. The number of rotatable bonds is 13. The number of nitrogens with two attached hydrogens (primary N) is 1. The van der Waals surface area contributed by atoms with E-state index in [9.17, 15) is 55.9 Å². The van der Waals surface area contributed by atoms with E-state index < -0.39 is 101 Å². The first-order chi connectivity index (χ1) is 36.1. The summed E-state index contributed by atoms with van der Waals surface area (Å²) >= 11 is 0. The summed E-state index contributed by atoms with van der Waals surface area (Å²) in [6.07, 6.45) is -0.0663. The number of benzene rings is 3. The molecule has 1 amide bonds. The molecule has 5 aromatic rings. The van der Waals surface area contributed by atoms with Gasteiger partial charge in [0.1, 0.15) is 29.9 Å². The van der Waals surface area contributed by atoms with Crippen molar-refractivity contribution in [1.82, 2.24) is 15.0 Å². The van der Waals surface area contributed by atoms with E-state index >= 15 is 4.79 Å². The van der Waals surface area contributed by atoms with Crippen LogP contribution < -0.4 is 20.7 Å². The number of phenols is 2. The number of aliphatic hydroxyl groups excluding tert-OH is 6. The number of carboxylic acids is 1. The van der Waals surface area contributed by atoms with Crippen LogP contribution in [0.25, 0.3) is 6.08 Å². The topological polar surface area (TPSA) is 341 Å². The fraction of sp³-hybridized carbons (Fsp3) is 0.436. The molecule has 0 bridgehead atoms. The van der Waals surface area contributed by atoms with E-state index in [4.69, 9.17) is 15.2 Å². The first-order valence-corrected chi connectivity index (χ1v) is 25.5. The Morgan fingerprint density at radius 3 is 2.44 bits per heavy atom. The van der Waals surface area contributed by atoms with Crippen LogP contribution in [0.5, 0.6) is 17.2 Å². The number of ether oxygens (including phenoxy) is 2. The zero-order chi connectivity index (χ0) is 52.7. The number of carboxylic acid groups (broad SMARTS) is 1. The Morgan fingerprint density at radius 1 is 0.933 bits per heavy atom. The third kappa shape index (κ3) is 7.87. The minimum absolute atomic E-state index is 0.0355. The molecule has 396 valence electrons. The fourth-order valence-electron chi connectivity index (χ4n) is 14.0. The molecule has 75 heavy (non-hydrogen) atoms. The van der Waals surface area contributed by atoms with Crippen LogP contribution >= 0.6 is 0 Å². The summed E-state index contributed by atoms with van der Waals surface area (Å²) in [6, 6.07) is 20.1. The van der Waals surface area contributed by atoms with Gasteiger partial charge in [-0.2, -0.15) is 0 Å². The lowest BCUT2D eigenvalue weighted by atomic mass is 9.59. The van der Waals surface area contributed by atoms with Crippen molar-refractivity contribution < 1.29 is 70.1 Å². The van der Waals surface area contributed by atoms with E-state index in [-0.39, 0.29) is 54.7 Å². The number of aromatic nitrogens is 3. The van der Waals surface area contributed by atoms with Gasteiger partial charge in [-0.3, -0.25) is 9.69 Å². The van der Waals surface area contributed by atoms with E-state index in [0.29, 0.717) is 54.5 Å². The Bertz CT molecular complexity index is 3040. The monoisotopic (exact) mass is 1030 g/mol. The average molecular weight is 1030 g/mol. The maximum Gasteiger partial charge on any atom is 0.355 e. The lowest BCUT2D eigenvalue weighted by Crippen LogP contribution is -2.67.